The Labute approximate surface area is 96.2 Å². The fourth-order valence-electron chi connectivity index (χ4n) is 1.98. The number of hydrogen-bond acceptors (Lipinski definition) is 2. The number of fused-ring (bicyclic) bond motifs is 1. The highest BCUT2D eigenvalue weighted by molar-refractivity contribution is 6.01. The van der Waals surface area contributed by atoms with Crippen LogP contribution in [0, 0.1) is 5.41 Å². The number of benzene rings is 1. The number of hydrogen-bond donors (Lipinski definition) is 2. The number of rotatable bonds is 1. The second-order valence-corrected chi connectivity index (χ2v) is 5.48. The van der Waals surface area contributed by atoms with Crippen LogP contribution in [0.5, 0.6) is 0 Å². The van der Waals surface area contributed by atoms with Crippen molar-refractivity contribution >= 4 is 11.6 Å². The van der Waals surface area contributed by atoms with Gasteiger partial charge >= 0.3 is 0 Å². The Balaban J connectivity index is 2.18. The first-order valence-corrected chi connectivity index (χ1v) is 5.62. The molecule has 0 aromatic heterocycles. The molecule has 3 nitrogen and oxygen atoms in total. The zero-order valence-electron chi connectivity index (χ0n) is 10.0. The van der Waals surface area contributed by atoms with E-state index in [1.807, 2.05) is 24.3 Å². The van der Waals surface area contributed by atoms with E-state index in [9.17, 15) is 4.79 Å². The Bertz CT molecular complexity index is 407. The van der Waals surface area contributed by atoms with Gasteiger partial charge in [-0.15, -0.1) is 0 Å². The van der Waals surface area contributed by atoms with E-state index in [0.717, 1.165) is 17.7 Å². The summed E-state index contributed by atoms with van der Waals surface area (Å²) in [5.74, 6) is 0.0172. The van der Waals surface area contributed by atoms with Crippen molar-refractivity contribution < 1.29 is 4.79 Å². The third-order valence-corrected chi connectivity index (χ3v) is 2.62. The highest BCUT2D eigenvalue weighted by Gasteiger charge is 2.26. The first-order chi connectivity index (χ1) is 7.46. The molecule has 1 aromatic carbocycles. The van der Waals surface area contributed by atoms with Crippen LogP contribution in [0.4, 0.5) is 5.69 Å². The van der Waals surface area contributed by atoms with E-state index in [0.29, 0.717) is 0 Å². The molecule has 2 rings (SSSR count). The molecule has 0 radical (unpaired) electrons. The molecule has 0 fully saturated rings. The van der Waals surface area contributed by atoms with Crippen LogP contribution in [0.3, 0.4) is 0 Å². The first-order valence-electron chi connectivity index (χ1n) is 5.62. The van der Waals surface area contributed by atoms with Crippen LogP contribution in [0.25, 0.3) is 0 Å². The van der Waals surface area contributed by atoms with Crippen LogP contribution in [-0.4, -0.2) is 12.1 Å². The zero-order valence-corrected chi connectivity index (χ0v) is 10.0. The smallest absolute Gasteiger partial charge is 0.254 e. The molecule has 2 N–H and O–H groups in total. The Kier molecular flexibility index (Phi) is 2.62. The highest BCUT2D eigenvalue weighted by atomic mass is 16.2. The summed E-state index contributed by atoms with van der Waals surface area (Å²) >= 11 is 0. The zero-order chi connectivity index (χ0) is 11.8. The number of amides is 1. The van der Waals surface area contributed by atoms with Gasteiger partial charge in [-0.2, -0.15) is 0 Å². The molecular formula is C13H18N2O. The minimum atomic E-state index is 0.0172. The van der Waals surface area contributed by atoms with E-state index in [2.05, 4.69) is 31.4 Å². The van der Waals surface area contributed by atoms with E-state index in [1.165, 1.54) is 0 Å². The second-order valence-electron chi connectivity index (χ2n) is 5.48. The lowest BCUT2D eigenvalue weighted by molar-refractivity contribution is 0.0926. The lowest BCUT2D eigenvalue weighted by Crippen LogP contribution is -2.46. The molecule has 3 heteroatoms. The molecule has 1 amide bonds. The van der Waals surface area contributed by atoms with Gasteiger partial charge < -0.3 is 10.6 Å². The number of para-hydroxylation sites is 1. The van der Waals surface area contributed by atoms with Crippen LogP contribution < -0.4 is 10.6 Å². The number of carbonyl (C=O) groups excluding carboxylic acids is 1. The van der Waals surface area contributed by atoms with Crippen molar-refractivity contribution in [1.29, 1.82) is 0 Å². The molecule has 16 heavy (non-hydrogen) atoms. The van der Waals surface area contributed by atoms with Gasteiger partial charge in [-0.25, -0.2) is 0 Å². The molecule has 1 aromatic rings. The third kappa shape index (κ3) is 2.35. The third-order valence-electron chi connectivity index (χ3n) is 2.62. The van der Waals surface area contributed by atoms with Gasteiger partial charge in [-0.1, -0.05) is 32.9 Å². The summed E-state index contributed by atoms with van der Waals surface area (Å²) in [5, 5.41) is 6.33. The molecule has 0 spiro atoms. The Hall–Kier alpha value is -1.51. The van der Waals surface area contributed by atoms with Crippen LogP contribution in [0.1, 0.15) is 37.6 Å². The average molecular weight is 218 g/mol. The largest absolute Gasteiger partial charge is 0.365 e. The maximum absolute atomic E-state index is 11.8. The number of anilines is 1. The van der Waals surface area contributed by atoms with Crippen molar-refractivity contribution in [1.82, 2.24) is 5.32 Å². The summed E-state index contributed by atoms with van der Waals surface area (Å²) in [6, 6.07) is 7.61. The lowest BCUT2D eigenvalue weighted by atomic mass is 9.90. The van der Waals surface area contributed by atoms with Gasteiger partial charge in [0.2, 0.25) is 0 Å². The van der Waals surface area contributed by atoms with Crippen molar-refractivity contribution in [2.45, 2.75) is 33.4 Å². The van der Waals surface area contributed by atoms with E-state index in [-0.39, 0.29) is 17.5 Å². The topological polar surface area (TPSA) is 41.1 Å². The van der Waals surface area contributed by atoms with Gasteiger partial charge in [-0.05, 0) is 24.0 Å². The molecule has 0 unspecified atom stereocenters. The molecule has 0 saturated carbocycles. The maximum atomic E-state index is 11.8. The number of carbonyl (C=O) groups is 1. The molecule has 1 aliphatic rings. The molecule has 86 valence electrons. The van der Waals surface area contributed by atoms with Crippen molar-refractivity contribution in [2.75, 3.05) is 5.32 Å². The van der Waals surface area contributed by atoms with Gasteiger partial charge in [-0.3, -0.25) is 4.79 Å². The maximum Gasteiger partial charge on any atom is 0.254 e. The average Bonchev–Trinajstić information content (AvgIpc) is 2.15. The van der Waals surface area contributed by atoms with Crippen molar-refractivity contribution in [3.8, 4) is 0 Å². The molecule has 0 aliphatic carbocycles. The van der Waals surface area contributed by atoms with Gasteiger partial charge in [0, 0.05) is 5.69 Å². The van der Waals surface area contributed by atoms with Gasteiger partial charge in [0.1, 0.15) is 0 Å². The summed E-state index contributed by atoms with van der Waals surface area (Å²) in [6.45, 7) is 6.50. The van der Waals surface area contributed by atoms with E-state index < -0.39 is 0 Å². The molecule has 1 heterocycles. The summed E-state index contributed by atoms with van der Waals surface area (Å²) in [4.78, 5) is 11.8. The van der Waals surface area contributed by atoms with Crippen molar-refractivity contribution in [3.63, 3.8) is 0 Å². The van der Waals surface area contributed by atoms with Gasteiger partial charge in [0.25, 0.3) is 5.91 Å². The van der Waals surface area contributed by atoms with Crippen LogP contribution in [-0.2, 0) is 0 Å². The summed E-state index contributed by atoms with van der Waals surface area (Å²) in [6.07, 6.45) is 0.940. The molecule has 1 atom stereocenters. The Morgan fingerprint density at radius 3 is 2.56 bits per heavy atom. The highest BCUT2D eigenvalue weighted by Crippen LogP contribution is 2.26. The summed E-state index contributed by atoms with van der Waals surface area (Å²) in [7, 11) is 0. The summed E-state index contributed by atoms with van der Waals surface area (Å²) < 4.78 is 0. The predicted molar refractivity (Wildman–Crippen MR) is 65.4 cm³/mol. The SMILES string of the molecule is CC(C)(C)C[C@H]1NC(=O)c2ccccc2N1. The fourth-order valence-corrected chi connectivity index (χ4v) is 1.98. The first kappa shape index (κ1) is 11.0. The molecular weight excluding hydrogens is 200 g/mol. The predicted octanol–water partition coefficient (Wildman–Crippen LogP) is 2.60. The number of nitrogens with one attached hydrogen (secondary N) is 2. The van der Waals surface area contributed by atoms with Crippen LogP contribution >= 0.6 is 0 Å². The fraction of sp³-hybridized carbons (Fsp3) is 0.462. The van der Waals surface area contributed by atoms with E-state index in [1.54, 1.807) is 0 Å². The van der Waals surface area contributed by atoms with Crippen LogP contribution in [0.15, 0.2) is 24.3 Å². The van der Waals surface area contributed by atoms with Gasteiger partial charge in [0.15, 0.2) is 0 Å². The quantitative estimate of drug-likeness (QED) is 0.760. The molecule has 0 bridgehead atoms. The normalized spacial score (nSPS) is 19.7. The molecule has 0 saturated heterocycles. The minimum Gasteiger partial charge on any atom is -0.365 e. The Morgan fingerprint density at radius 1 is 1.19 bits per heavy atom. The van der Waals surface area contributed by atoms with Crippen LogP contribution in [0.2, 0.25) is 0 Å². The minimum absolute atomic E-state index is 0.0172. The van der Waals surface area contributed by atoms with E-state index >= 15 is 0 Å². The molecule has 1 aliphatic heterocycles. The summed E-state index contributed by atoms with van der Waals surface area (Å²) in [5.41, 5.74) is 1.85. The Morgan fingerprint density at radius 2 is 1.88 bits per heavy atom. The van der Waals surface area contributed by atoms with E-state index in [4.69, 9.17) is 0 Å². The van der Waals surface area contributed by atoms with Gasteiger partial charge in [0.05, 0.1) is 11.7 Å². The second kappa shape index (κ2) is 3.81. The van der Waals surface area contributed by atoms with Crippen molar-refractivity contribution in [3.05, 3.63) is 29.8 Å². The standard InChI is InChI=1S/C13H18N2O/c1-13(2,3)8-11-14-10-7-5-4-6-9(10)12(16)15-11/h4-7,11,14H,8H2,1-3H3,(H,15,16)/t11-/m1/s1. The lowest BCUT2D eigenvalue weighted by Gasteiger charge is -2.32. The monoisotopic (exact) mass is 218 g/mol. The van der Waals surface area contributed by atoms with Crippen molar-refractivity contribution in [2.24, 2.45) is 5.41 Å².